The predicted molar refractivity (Wildman–Crippen MR) is 77.0 cm³/mol. The van der Waals surface area contributed by atoms with Gasteiger partial charge in [0.05, 0.1) is 19.6 Å². The highest BCUT2D eigenvalue weighted by molar-refractivity contribution is 5.78. The van der Waals surface area contributed by atoms with Crippen LogP contribution in [0.15, 0.2) is 30.3 Å². The predicted octanol–water partition coefficient (Wildman–Crippen LogP) is 1.19. The number of carbonyl (C=O) groups excluding carboxylic acids is 2. The first-order valence-electron chi connectivity index (χ1n) is 6.76. The van der Waals surface area contributed by atoms with E-state index in [1.165, 1.54) is 0 Å². The molecule has 0 aliphatic carbocycles. The second-order valence-corrected chi connectivity index (χ2v) is 4.56. The number of nitrogens with zero attached hydrogens (tertiary/aromatic N) is 1. The summed E-state index contributed by atoms with van der Waals surface area (Å²) >= 11 is 0. The fourth-order valence-corrected chi connectivity index (χ4v) is 1.69. The van der Waals surface area contributed by atoms with E-state index in [-0.39, 0.29) is 18.4 Å². The monoisotopic (exact) mass is 278 g/mol. The summed E-state index contributed by atoms with van der Waals surface area (Å²) in [4.78, 5) is 24.7. The van der Waals surface area contributed by atoms with Crippen LogP contribution in [0.3, 0.4) is 0 Å². The number of ether oxygens (including phenoxy) is 1. The van der Waals surface area contributed by atoms with Crippen LogP contribution in [-0.2, 0) is 20.9 Å². The molecule has 1 rings (SSSR count). The summed E-state index contributed by atoms with van der Waals surface area (Å²) in [6, 6.07) is 9.74. The summed E-state index contributed by atoms with van der Waals surface area (Å²) in [7, 11) is 1.81. The Morgan fingerprint density at radius 3 is 2.60 bits per heavy atom. The fourth-order valence-electron chi connectivity index (χ4n) is 1.69. The SMILES string of the molecule is CCOC(=O)CCN(C)CC(=O)NCc1ccccc1. The van der Waals surface area contributed by atoms with Crippen LogP contribution in [0.5, 0.6) is 0 Å². The summed E-state index contributed by atoms with van der Waals surface area (Å²) in [6.45, 7) is 3.47. The first-order chi connectivity index (χ1) is 9.61. The highest BCUT2D eigenvalue weighted by Crippen LogP contribution is 1.97. The molecule has 0 aliphatic heterocycles. The van der Waals surface area contributed by atoms with Gasteiger partial charge < -0.3 is 10.1 Å². The maximum absolute atomic E-state index is 11.7. The van der Waals surface area contributed by atoms with Gasteiger partial charge in [-0.2, -0.15) is 0 Å². The summed E-state index contributed by atoms with van der Waals surface area (Å²) in [6.07, 6.45) is 0.302. The third kappa shape index (κ3) is 6.89. The maximum atomic E-state index is 11.7. The smallest absolute Gasteiger partial charge is 0.307 e. The van der Waals surface area contributed by atoms with Crippen LogP contribution in [0, 0.1) is 0 Å². The minimum absolute atomic E-state index is 0.0554. The molecule has 0 heterocycles. The van der Waals surface area contributed by atoms with Crippen molar-refractivity contribution in [3.05, 3.63) is 35.9 Å². The van der Waals surface area contributed by atoms with Gasteiger partial charge in [0.2, 0.25) is 5.91 Å². The van der Waals surface area contributed by atoms with E-state index in [2.05, 4.69) is 5.32 Å². The average molecular weight is 278 g/mol. The lowest BCUT2D eigenvalue weighted by atomic mass is 10.2. The van der Waals surface area contributed by atoms with E-state index in [9.17, 15) is 9.59 Å². The Hall–Kier alpha value is -1.88. The zero-order valence-electron chi connectivity index (χ0n) is 12.1. The molecule has 1 aromatic rings. The summed E-state index contributed by atoms with van der Waals surface area (Å²) in [5, 5.41) is 2.85. The minimum Gasteiger partial charge on any atom is -0.466 e. The fraction of sp³-hybridized carbons (Fsp3) is 0.467. The van der Waals surface area contributed by atoms with Crippen molar-refractivity contribution in [1.29, 1.82) is 0 Å². The molecule has 0 atom stereocenters. The number of esters is 1. The van der Waals surface area contributed by atoms with E-state index in [1.807, 2.05) is 30.3 Å². The number of nitrogens with one attached hydrogen (secondary N) is 1. The highest BCUT2D eigenvalue weighted by atomic mass is 16.5. The van der Waals surface area contributed by atoms with Gasteiger partial charge >= 0.3 is 5.97 Å². The van der Waals surface area contributed by atoms with Gasteiger partial charge in [0.1, 0.15) is 0 Å². The number of rotatable bonds is 8. The molecule has 5 heteroatoms. The molecule has 1 N–H and O–H groups in total. The molecule has 0 aromatic heterocycles. The van der Waals surface area contributed by atoms with Crippen LogP contribution in [0.2, 0.25) is 0 Å². The molecule has 110 valence electrons. The molecule has 1 amide bonds. The molecule has 5 nitrogen and oxygen atoms in total. The molecule has 0 aliphatic rings. The first kappa shape index (κ1) is 16.2. The van der Waals surface area contributed by atoms with Crippen molar-refractivity contribution in [3.63, 3.8) is 0 Å². The van der Waals surface area contributed by atoms with Gasteiger partial charge in [-0.25, -0.2) is 0 Å². The summed E-state index contributed by atoms with van der Waals surface area (Å²) in [5.41, 5.74) is 1.06. The van der Waals surface area contributed by atoms with E-state index in [0.29, 0.717) is 26.1 Å². The van der Waals surface area contributed by atoms with Gasteiger partial charge in [-0.1, -0.05) is 30.3 Å². The van der Waals surface area contributed by atoms with Crippen molar-refractivity contribution in [1.82, 2.24) is 10.2 Å². The van der Waals surface area contributed by atoms with Crippen molar-refractivity contribution < 1.29 is 14.3 Å². The number of amides is 1. The van der Waals surface area contributed by atoms with Crippen molar-refractivity contribution in [2.24, 2.45) is 0 Å². The summed E-state index contributed by atoms with van der Waals surface area (Å²) in [5.74, 6) is -0.288. The number of carbonyl (C=O) groups is 2. The van der Waals surface area contributed by atoms with Gasteiger partial charge in [-0.05, 0) is 19.5 Å². The topological polar surface area (TPSA) is 58.6 Å². The molecule has 0 bridgehead atoms. The average Bonchev–Trinajstić information content (AvgIpc) is 2.44. The van der Waals surface area contributed by atoms with Gasteiger partial charge in [0.15, 0.2) is 0 Å². The second kappa shape index (κ2) is 9.09. The van der Waals surface area contributed by atoms with Crippen LogP contribution < -0.4 is 5.32 Å². The zero-order chi connectivity index (χ0) is 14.8. The zero-order valence-corrected chi connectivity index (χ0v) is 12.1. The van der Waals surface area contributed by atoms with Gasteiger partial charge in [-0.15, -0.1) is 0 Å². The molecule has 0 unspecified atom stereocenters. The Kier molecular flexibility index (Phi) is 7.35. The molecule has 20 heavy (non-hydrogen) atoms. The third-order valence-corrected chi connectivity index (χ3v) is 2.75. The number of hydrogen-bond acceptors (Lipinski definition) is 4. The van der Waals surface area contributed by atoms with Crippen molar-refractivity contribution >= 4 is 11.9 Å². The Bertz CT molecular complexity index is 420. The molecular weight excluding hydrogens is 256 g/mol. The van der Waals surface area contributed by atoms with Crippen LogP contribution in [0.25, 0.3) is 0 Å². The normalized spacial score (nSPS) is 10.3. The highest BCUT2D eigenvalue weighted by Gasteiger charge is 2.09. The Morgan fingerprint density at radius 2 is 1.95 bits per heavy atom. The van der Waals surface area contributed by atoms with Gasteiger partial charge in [0, 0.05) is 13.1 Å². The largest absolute Gasteiger partial charge is 0.466 e. The van der Waals surface area contributed by atoms with E-state index < -0.39 is 0 Å². The maximum Gasteiger partial charge on any atom is 0.307 e. The second-order valence-electron chi connectivity index (χ2n) is 4.56. The number of hydrogen-bond donors (Lipinski definition) is 1. The Labute approximate surface area is 119 Å². The van der Waals surface area contributed by atoms with Crippen molar-refractivity contribution in [2.45, 2.75) is 19.9 Å². The van der Waals surface area contributed by atoms with Crippen LogP contribution in [0.1, 0.15) is 18.9 Å². The molecular formula is C15H22N2O3. The van der Waals surface area contributed by atoms with Crippen molar-refractivity contribution in [2.75, 3.05) is 26.7 Å². The number of likely N-dealkylation sites (N-methyl/N-ethyl adjacent to an activating group) is 1. The van der Waals surface area contributed by atoms with E-state index in [1.54, 1.807) is 18.9 Å². The van der Waals surface area contributed by atoms with Gasteiger partial charge in [0.25, 0.3) is 0 Å². The van der Waals surface area contributed by atoms with E-state index >= 15 is 0 Å². The minimum atomic E-state index is -0.232. The van der Waals surface area contributed by atoms with Crippen molar-refractivity contribution in [3.8, 4) is 0 Å². The summed E-state index contributed by atoms with van der Waals surface area (Å²) < 4.78 is 4.84. The molecule has 0 saturated carbocycles. The van der Waals surface area contributed by atoms with E-state index in [0.717, 1.165) is 5.56 Å². The lowest BCUT2D eigenvalue weighted by molar-refractivity contribution is -0.143. The molecule has 0 fully saturated rings. The Balaban J connectivity index is 2.19. The quantitative estimate of drug-likeness (QED) is 0.726. The standard InChI is InChI=1S/C15H22N2O3/c1-3-20-15(19)9-10-17(2)12-14(18)16-11-13-7-5-4-6-8-13/h4-8H,3,9-12H2,1-2H3,(H,16,18). The molecule has 0 spiro atoms. The van der Waals surface area contributed by atoms with Crippen LogP contribution in [-0.4, -0.2) is 43.5 Å². The lowest BCUT2D eigenvalue weighted by Crippen LogP contribution is -2.35. The van der Waals surface area contributed by atoms with Gasteiger partial charge in [-0.3, -0.25) is 14.5 Å². The molecule has 0 radical (unpaired) electrons. The van der Waals surface area contributed by atoms with Crippen LogP contribution in [0.4, 0.5) is 0 Å². The van der Waals surface area contributed by atoms with E-state index in [4.69, 9.17) is 4.74 Å². The Morgan fingerprint density at radius 1 is 1.25 bits per heavy atom. The lowest BCUT2D eigenvalue weighted by Gasteiger charge is -2.15. The first-order valence-corrected chi connectivity index (χ1v) is 6.76. The molecule has 1 aromatic carbocycles. The number of benzene rings is 1. The molecule has 0 saturated heterocycles. The third-order valence-electron chi connectivity index (χ3n) is 2.75. The van der Waals surface area contributed by atoms with Crippen LogP contribution >= 0.6 is 0 Å².